The van der Waals surface area contributed by atoms with Crippen LogP contribution in [0.3, 0.4) is 0 Å². The molecule has 4 atom stereocenters. The smallest absolute Gasteiger partial charge is 0.162 e. The Hall–Kier alpha value is -2.14. The summed E-state index contributed by atoms with van der Waals surface area (Å²) >= 11 is 0. The van der Waals surface area contributed by atoms with E-state index in [4.69, 9.17) is 9.47 Å². The van der Waals surface area contributed by atoms with Crippen molar-refractivity contribution in [3.05, 3.63) is 41.2 Å². The number of carbonyl (C=O) groups excluding carboxylic acids is 2. The number of rotatable bonds is 3. The van der Waals surface area contributed by atoms with E-state index in [1.807, 2.05) is 24.3 Å². The van der Waals surface area contributed by atoms with Crippen LogP contribution in [0.15, 0.2) is 35.6 Å². The zero-order valence-corrected chi connectivity index (χ0v) is 15.6. The second-order valence-electron chi connectivity index (χ2n) is 7.79. The van der Waals surface area contributed by atoms with Crippen molar-refractivity contribution < 1.29 is 24.2 Å². The van der Waals surface area contributed by atoms with Gasteiger partial charge in [0.2, 0.25) is 0 Å². The van der Waals surface area contributed by atoms with Gasteiger partial charge in [-0.25, -0.2) is 0 Å². The lowest BCUT2D eigenvalue weighted by atomic mass is 9.68. The summed E-state index contributed by atoms with van der Waals surface area (Å²) in [6.07, 6.45) is 3.50. The van der Waals surface area contributed by atoms with Gasteiger partial charge in [-0.3, -0.25) is 9.59 Å². The Morgan fingerprint density at radius 2 is 1.85 bits per heavy atom. The van der Waals surface area contributed by atoms with E-state index >= 15 is 0 Å². The first kappa shape index (κ1) is 18.2. The van der Waals surface area contributed by atoms with E-state index in [0.29, 0.717) is 31.3 Å². The maximum Gasteiger partial charge on any atom is 0.162 e. The number of ketones is 2. The first-order valence-electron chi connectivity index (χ1n) is 9.86. The number of aliphatic hydroxyl groups is 1. The first-order chi connectivity index (χ1) is 13.1. The molecule has 3 aliphatic rings. The van der Waals surface area contributed by atoms with Crippen LogP contribution in [0.1, 0.15) is 56.6 Å². The fraction of sp³-hybridized carbons (Fsp3) is 0.545. The summed E-state index contributed by atoms with van der Waals surface area (Å²) in [7, 11) is 1.63. The molecule has 0 saturated heterocycles. The molecular weight excluding hydrogens is 344 g/mol. The zero-order valence-electron chi connectivity index (χ0n) is 15.6. The highest BCUT2D eigenvalue weighted by molar-refractivity contribution is 5.98. The maximum atomic E-state index is 12.7. The van der Waals surface area contributed by atoms with Crippen molar-refractivity contribution in [1.82, 2.24) is 0 Å². The normalized spacial score (nSPS) is 31.3. The summed E-state index contributed by atoms with van der Waals surface area (Å²) in [5.74, 6) is 0.928. The van der Waals surface area contributed by atoms with Crippen molar-refractivity contribution in [1.29, 1.82) is 0 Å². The van der Waals surface area contributed by atoms with Gasteiger partial charge in [0.05, 0.1) is 19.1 Å². The average molecular weight is 370 g/mol. The third-order valence-electron chi connectivity index (χ3n) is 6.16. The fourth-order valence-corrected chi connectivity index (χ4v) is 4.83. The van der Waals surface area contributed by atoms with Crippen molar-refractivity contribution in [2.24, 2.45) is 11.8 Å². The summed E-state index contributed by atoms with van der Waals surface area (Å²) in [4.78, 5) is 25.3. The molecule has 2 aliphatic carbocycles. The highest BCUT2D eigenvalue weighted by atomic mass is 16.5. The van der Waals surface area contributed by atoms with Gasteiger partial charge in [0, 0.05) is 30.8 Å². The zero-order chi connectivity index (χ0) is 19.0. The Morgan fingerprint density at radius 3 is 2.56 bits per heavy atom. The number of allylic oxidation sites excluding steroid dienone is 2. The second kappa shape index (κ2) is 7.47. The van der Waals surface area contributed by atoms with Crippen LogP contribution >= 0.6 is 0 Å². The lowest BCUT2D eigenvalue weighted by molar-refractivity contribution is -0.133. The molecule has 0 aromatic heterocycles. The van der Waals surface area contributed by atoms with Gasteiger partial charge < -0.3 is 14.6 Å². The lowest BCUT2D eigenvalue weighted by Crippen LogP contribution is -2.43. The monoisotopic (exact) mass is 370 g/mol. The van der Waals surface area contributed by atoms with Crippen molar-refractivity contribution in [3.63, 3.8) is 0 Å². The standard InChI is InChI=1S/C22H26O5/c1-26-14-10-8-13(9-11-14)20-12-15(21-16(23)4-2-5-17(21)24)22-18(25)6-3-7-19(22)27-20/h8-11,15-16,20-21,23H,2-7,12H2,1H3/t15-,16+,20+,21-/m1/s1. The Balaban J connectivity index is 1.70. The minimum Gasteiger partial charge on any atom is -0.497 e. The van der Waals surface area contributed by atoms with Crippen molar-refractivity contribution in [2.45, 2.75) is 57.2 Å². The minimum atomic E-state index is -0.672. The Kier molecular flexibility index (Phi) is 5.04. The molecule has 27 heavy (non-hydrogen) atoms. The molecule has 1 N–H and O–H groups in total. The quantitative estimate of drug-likeness (QED) is 0.881. The summed E-state index contributed by atoms with van der Waals surface area (Å²) < 4.78 is 11.5. The van der Waals surface area contributed by atoms with Crippen molar-refractivity contribution in [2.75, 3.05) is 7.11 Å². The van der Waals surface area contributed by atoms with Crippen molar-refractivity contribution in [3.8, 4) is 5.75 Å². The average Bonchev–Trinajstić information content (AvgIpc) is 2.68. The SMILES string of the molecule is COc1ccc([C@@H]2C[C@H]([C@H]3C(=O)CCC[C@@H]3O)C3=C(CCCC3=O)O2)cc1. The number of aliphatic hydroxyl groups excluding tert-OH is 1. The summed E-state index contributed by atoms with van der Waals surface area (Å²) in [6.45, 7) is 0. The highest BCUT2D eigenvalue weighted by Gasteiger charge is 2.46. The van der Waals surface area contributed by atoms with Gasteiger partial charge in [0.1, 0.15) is 23.4 Å². The predicted octanol–water partition coefficient (Wildman–Crippen LogP) is 3.51. The molecule has 1 aliphatic heterocycles. The van der Waals surface area contributed by atoms with Gasteiger partial charge in [-0.05, 0) is 43.4 Å². The Labute approximate surface area is 159 Å². The van der Waals surface area contributed by atoms with Gasteiger partial charge in [-0.2, -0.15) is 0 Å². The molecule has 0 bridgehead atoms. The molecule has 1 aromatic rings. The van der Waals surface area contributed by atoms with E-state index in [0.717, 1.165) is 36.3 Å². The molecule has 144 valence electrons. The maximum absolute atomic E-state index is 12.7. The number of ether oxygens (including phenoxy) is 2. The topological polar surface area (TPSA) is 72.8 Å². The largest absolute Gasteiger partial charge is 0.497 e. The number of Topliss-reactive ketones (excluding diaryl/α,β-unsaturated/α-hetero) is 2. The van der Waals surface area contributed by atoms with Crippen LogP contribution in [0.25, 0.3) is 0 Å². The van der Waals surface area contributed by atoms with E-state index in [1.165, 1.54) is 0 Å². The van der Waals surface area contributed by atoms with Gasteiger partial charge in [0.25, 0.3) is 0 Å². The van der Waals surface area contributed by atoms with Crippen LogP contribution in [0.4, 0.5) is 0 Å². The molecule has 4 rings (SSSR count). The van der Waals surface area contributed by atoms with Crippen LogP contribution in [0.2, 0.25) is 0 Å². The van der Waals surface area contributed by atoms with Gasteiger partial charge in [0.15, 0.2) is 5.78 Å². The summed E-state index contributed by atoms with van der Waals surface area (Å²) in [6, 6.07) is 7.72. The lowest BCUT2D eigenvalue weighted by Gasteiger charge is -2.41. The molecule has 0 unspecified atom stereocenters. The van der Waals surface area contributed by atoms with E-state index in [1.54, 1.807) is 7.11 Å². The molecule has 1 heterocycles. The molecule has 1 aromatic carbocycles. The van der Waals surface area contributed by atoms with Crippen molar-refractivity contribution >= 4 is 11.6 Å². The predicted molar refractivity (Wildman–Crippen MR) is 99.2 cm³/mol. The molecule has 0 amide bonds. The Morgan fingerprint density at radius 1 is 1.07 bits per heavy atom. The van der Waals surface area contributed by atoms with Gasteiger partial charge >= 0.3 is 0 Å². The van der Waals surface area contributed by atoms with E-state index in [-0.39, 0.29) is 23.6 Å². The molecule has 1 fully saturated rings. The van der Waals surface area contributed by atoms with Crippen LogP contribution < -0.4 is 4.74 Å². The van der Waals surface area contributed by atoms with Crippen LogP contribution in [0, 0.1) is 11.8 Å². The third-order valence-corrected chi connectivity index (χ3v) is 6.16. The molecule has 0 radical (unpaired) electrons. The molecule has 5 nitrogen and oxygen atoms in total. The fourth-order valence-electron chi connectivity index (χ4n) is 4.83. The van der Waals surface area contributed by atoms with Gasteiger partial charge in [-0.15, -0.1) is 0 Å². The van der Waals surface area contributed by atoms with Crippen LogP contribution in [0.5, 0.6) is 5.75 Å². The molecule has 5 heteroatoms. The summed E-state index contributed by atoms with van der Waals surface area (Å²) in [5.41, 5.74) is 1.67. The number of methoxy groups -OCH3 is 1. The minimum absolute atomic E-state index is 0.0827. The first-order valence-corrected chi connectivity index (χ1v) is 9.86. The van der Waals surface area contributed by atoms with Crippen LogP contribution in [-0.4, -0.2) is 29.9 Å². The number of hydrogen-bond acceptors (Lipinski definition) is 5. The van der Waals surface area contributed by atoms with E-state index in [2.05, 4.69) is 0 Å². The Bertz CT molecular complexity index is 763. The molecular formula is C22H26O5. The van der Waals surface area contributed by atoms with E-state index in [9.17, 15) is 14.7 Å². The third kappa shape index (κ3) is 3.41. The van der Waals surface area contributed by atoms with Crippen LogP contribution in [-0.2, 0) is 14.3 Å². The molecule has 0 spiro atoms. The van der Waals surface area contributed by atoms with Gasteiger partial charge in [-0.1, -0.05) is 12.1 Å². The number of benzene rings is 1. The number of carbonyl (C=O) groups is 2. The summed E-state index contributed by atoms with van der Waals surface area (Å²) in [5, 5.41) is 10.6. The highest BCUT2D eigenvalue weighted by Crippen LogP contribution is 2.47. The van der Waals surface area contributed by atoms with E-state index < -0.39 is 12.0 Å². The second-order valence-corrected chi connectivity index (χ2v) is 7.79. The number of hydrogen-bond donors (Lipinski definition) is 1. The molecule has 1 saturated carbocycles.